The molecule has 0 fully saturated rings. The third kappa shape index (κ3) is 6.23. The number of benzene rings is 2. The van der Waals surface area contributed by atoms with Gasteiger partial charge < -0.3 is 14.8 Å². The van der Waals surface area contributed by atoms with Crippen molar-refractivity contribution in [3.05, 3.63) is 58.6 Å². The number of nitrogens with one attached hydrogen (secondary N) is 1. The van der Waals surface area contributed by atoms with E-state index in [1.165, 1.54) is 0 Å². The monoisotopic (exact) mass is 405 g/mol. The van der Waals surface area contributed by atoms with Crippen LogP contribution in [0.3, 0.4) is 0 Å². The second-order valence-electron chi connectivity index (χ2n) is 5.28. The highest BCUT2D eigenvalue weighted by Gasteiger charge is 2.09. The van der Waals surface area contributed by atoms with Crippen molar-refractivity contribution in [2.45, 2.75) is 12.8 Å². The summed E-state index contributed by atoms with van der Waals surface area (Å²) in [5, 5.41) is 2.74. The molecule has 2 rings (SSSR count). The minimum Gasteiger partial charge on any atom is -0.493 e. The molecule has 0 bridgehead atoms. The number of rotatable bonds is 9. The van der Waals surface area contributed by atoms with Crippen molar-refractivity contribution in [2.24, 2.45) is 0 Å². The van der Waals surface area contributed by atoms with Gasteiger partial charge in [0, 0.05) is 22.9 Å². The Bertz CT molecular complexity index is 716. The van der Waals surface area contributed by atoms with Gasteiger partial charge in [0.25, 0.3) is 0 Å². The molecule has 0 aliphatic heterocycles. The molecule has 6 heteroatoms. The van der Waals surface area contributed by atoms with Gasteiger partial charge in [-0.1, -0.05) is 40.2 Å². The molecule has 0 atom stereocenters. The number of amides is 1. The summed E-state index contributed by atoms with van der Waals surface area (Å²) in [6.07, 6.45) is 0.338. The summed E-state index contributed by atoms with van der Waals surface area (Å²) in [5.41, 5.74) is 0.607. The quantitative estimate of drug-likeness (QED) is 0.511. The number of hydrogen-bond donors (Lipinski definition) is 1. The predicted molar refractivity (Wildman–Crippen MR) is 99.2 cm³/mol. The summed E-state index contributed by atoms with van der Waals surface area (Å²) < 4.78 is 11.7. The Hall–Kier alpha value is -2.34. The molecule has 25 heavy (non-hydrogen) atoms. The number of ether oxygens (including phenoxy) is 2. The van der Waals surface area contributed by atoms with Gasteiger partial charge in [0.1, 0.15) is 6.61 Å². The van der Waals surface area contributed by atoms with E-state index in [0.717, 1.165) is 4.47 Å². The number of Topliss-reactive ketones (excluding diaryl/α,β-unsaturated/α-hetero) is 1. The van der Waals surface area contributed by atoms with Crippen molar-refractivity contribution in [2.75, 3.05) is 20.3 Å². The van der Waals surface area contributed by atoms with Crippen LogP contribution in [-0.4, -0.2) is 32.0 Å². The van der Waals surface area contributed by atoms with E-state index in [0.29, 0.717) is 30.2 Å². The van der Waals surface area contributed by atoms with E-state index in [4.69, 9.17) is 9.47 Å². The first-order valence-corrected chi connectivity index (χ1v) is 8.70. The van der Waals surface area contributed by atoms with Crippen molar-refractivity contribution in [3.63, 3.8) is 0 Å². The molecular formula is C19H20BrNO4. The molecule has 0 saturated heterocycles. The SMILES string of the molecule is COc1ccccc1OCCNC(=O)CCC(=O)c1ccc(Br)cc1. The van der Waals surface area contributed by atoms with Gasteiger partial charge in [-0.05, 0) is 24.3 Å². The predicted octanol–water partition coefficient (Wildman–Crippen LogP) is 3.62. The minimum atomic E-state index is -0.172. The average Bonchev–Trinajstić information content (AvgIpc) is 2.64. The van der Waals surface area contributed by atoms with Gasteiger partial charge in [-0.25, -0.2) is 0 Å². The third-order valence-electron chi connectivity index (χ3n) is 3.50. The zero-order valence-corrected chi connectivity index (χ0v) is 15.5. The van der Waals surface area contributed by atoms with Gasteiger partial charge in [0.2, 0.25) is 5.91 Å². The molecule has 0 saturated carbocycles. The van der Waals surface area contributed by atoms with E-state index in [1.807, 2.05) is 30.3 Å². The maximum absolute atomic E-state index is 12.0. The Balaban J connectivity index is 1.67. The molecule has 5 nitrogen and oxygen atoms in total. The smallest absolute Gasteiger partial charge is 0.220 e. The fourth-order valence-corrected chi connectivity index (χ4v) is 2.45. The van der Waals surface area contributed by atoms with E-state index in [-0.39, 0.29) is 24.5 Å². The first-order valence-electron chi connectivity index (χ1n) is 7.91. The maximum Gasteiger partial charge on any atom is 0.220 e. The maximum atomic E-state index is 12.0. The van der Waals surface area contributed by atoms with Gasteiger partial charge in [-0.15, -0.1) is 0 Å². The number of para-hydroxylation sites is 2. The van der Waals surface area contributed by atoms with E-state index in [2.05, 4.69) is 21.2 Å². The van der Waals surface area contributed by atoms with Gasteiger partial charge in [-0.3, -0.25) is 9.59 Å². The lowest BCUT2D eigenvalue weighted by atomic mass is 10.1. The fourth-order valence-electron chi connectivity index (χ4n) is 2.19. The molecule has 0 heterocycles. The fraction of sp³-hybridized carbons (Fsp3) is 0.263. The van der Waals surface area contributed by atoms with Crippen LogP contribution in [0, 0.1) is 0 Å². The molecule has 0 spiro atoms. The molecule has 0 aromatic heterocycles. The van der Waals surface area contributed by atoms with Crippen LogP contribution >= 0.6 is 15.9 Å². The van der Waals surface area contributed by atoms with Gasteiger partial charge in [-0.2, -0.15) is 0 Å². The highest BCUT2D eigenvalue weighted by atomic mass is 79.9. The van der Waals surface area contributed by atoms with E-state index in [9.17, 15) is 9.59 Å². The highest BCUT2D eigenvalue weighted by molar-refractivity contribution is 9.10. The van der Waals surface area contributed by atoms with E-state index in [1.54, 1.807) is 25.3 Å². The molecular weight excluding hydrogens is 386 g/mol. The number of methoxy groups -OCH3 is 1. The van der Waals surface area contributed by atoms with Crippen molar-refractivity contribution in [1.29, 1.82) is 0 Å². The van der Waals surface area contributed by atoms with Crippen molar-refractivity contribution in [1.82, 2.24) is 5.32 Å². The van der Waals surface area contributed by atoms with Crippen LogP contribution in [0.4, 0.5) is 0 Å². The Morgan fingerprint density at radius 2 is 1.68 bits per heavy atom. The third-order valence-corrected chi connectivity index (χ3v) is 4.02. The number of carbonyl (C=O) groups excluding carboxylic acids is 2. The van der Waals surface area contributed by atoms with Crippen LogP contribution in [-0.2, 0) is 4.79 Å². The van der Waals surface area contributed by atoms with Gasteiger partial charge in [0.15, 0.2) is 17.3 Å². The lowest BCUT2D eigenvalue weighted by Gasteiger charge is -2.10. The summed E-state index contributed by atoms with van der Waals surface area (Å²) in [6.45, 7) is 0.691. The number of hydrogen-bond acceptors (Lipinski definition) is 4. The van der Waals surface area contributed by atoms with Crippen LogP contribution in [0.2, 0.25) is 0 Å². The molecule has 0 aliphatic rings. The second-order valence-corrected chi connectivity index (χ2v) is 6.20. The Morgan fingerprint density at radius 3 is 2.36 bits per heavy atom. The Morgan fingerprint density at radius 1 is 1.00 bits per heavy atom. The van der Waals surface area contributed by atoms with Crippen molar-refractivity contribution >= 4 is 27.6 Å². The van der Waals surface area contributed by atoms with Crippen LogP contribution in [0.25, 0.3) is 0 Å². The summed E-state index contributed by atoms with van der Waals surface area (Å²) in [7, 11) is 1.58. The number of ketones is 1. The van der Waals surface area contributed by atoms with Gasteiger partial charge >= 0.3 is 0 Å². The van der Waals surface area contributed by atoms with Crippen LogP contribution in [0.15, 0.2) is 53.0 Å². The van der Waals surface area contributed by atoms with Crippen LogP contribution in [0.5, 0.6) is 11.5 Å². The van der Waals surface area contributed by atoms with Crippen molar-refractivity contribution < 1.29 is 19.1 Å². The largest absolute Gasteiger partial charge is 0.493 e. The van der Waals surface area contributed by atoms with E-state index < -0.39 is 0 Å². The molecule has 0 radical (unpaired) electrons. The van der Waals surface area contributed by atoms with Crippen LogP contribution in [0.1, 0.15) is 23.2 Å². The first-order chi connectivity index (χ1) is 12.1. The molecule has 1 N–H and O–H groups in total. The highest BCUT2D eigenvalue weighted by Crippen LogP contribution is 2.25. The summed E-state index contributed by atoms with van der Waals surface area (Å²) >= 11 is 3.32. The Labute approximate surface area is 155 Å². The molecule has 1 amide bonds. The average molecular weight is 406 g/mol. The normalized spacial score (nSPS) is 10.2. The summed E-state index contributed by atoms with van der Waals surface area (Å²) in [4.78, 5) is 23.8. The zero-order chi connectivity index (χ0) is 18.1. The minimum absolute atomic E-state index is 0.0482. The van der Waals surface area contributed by atoms with Gasteiger partial charge in [0.05, 0.1) is 13.7 Å². The molecule has 0 unspecified atom stereocenters. The number of halogens is 1. The lowest BCUT2D eigenvalue weighted by Crippen LogP contribution is -2.28. The topological polar surface area (TPSA) is 64.6 Å². The second kappa shape index (κ2) is 9.84. The first kappa shape index (κ1) is 19.0. The summed E-state index contributed by atoms with van der Waals surface area (Å²) in [5.74, 6) is 1.06. The zero-order valence-electron chi connectivity index (χ0n) is 14.0. The lowest BCUT2D eigenvalue weighted by molar-refractivity contribution is -0.121. The van der Waals surface area contributed by atoms with Crippen molar-refractivity contribution in [3.8, 4) is 11.5 Å². The molecule has 0 aliphatic carbocycles. The number of carbonyl (C=O) groups is 2. The van der Waals surface area contributed by atoms with E-state index >= 15 is 0 Å². The Kier molecular flexibility index (Phi) is 7.47. The summed E-state index contributed by atoms with van der Waals surface area (Å²) in [6, 6.07) is 14.4. The molecule has 2 aromatic rings. The molecule has 2 aromatic carbocycles. The standard InChI is InChI=1S/C19H20BrNO4/c1-24-17-4-2-3-5-18(17)25-13-12-21-19(23)11-10-16(22)14-6-8-15(20)9-7-14/h2-9H,10-13H2,1H3,(H,21,23). The molecule has 132 valence electrons. The van der Waals surface area contributed by atoms with Crippen LogP contribution < -0.4 is 14.8 Å².